The number of carbonyl (C=O) groups is 1. The average molecular weight is 199 g/mol. The van der Waals surface area contributed by atoms with E-state index >= 15 is 0 Å². The van der Waals surface area contributed by atoms with Crippen molar-refractivity contribution in [2.75, 3.05) is 0 Å². The standard InChI is InChI=1S/C10H11ClO2/c1-7(4-5-12)9-6-8(13)2-3-10(9)11/h2-3,5-7,13H,4H2,1H3. The largest absolute Gasteiger partial charge is 0.508 e. The van der Waals surface area contributed by atoms with Gasteiger partial charge in [-0.05, 0) is 29.7 Å². The van der Waals surface area contributed by atoms with E-state index in [0.29, 0.717) is 11.4 Å². The Kier molecular flexibility index (Phi) is 3.32. The van der Waals surface area contributed by atoms with Crippen molar-refractivity contribution in [2.45, 2.75) is 19.3 Å². The topological polar surface area (TPSA) is 37.3 Å². The first-order valence-corrected chi connectivity index (χ1v) is 4.45. The van der Waals surface area contributed by atoms with Gasteiger partial charge in [-0.2, -0.15) is 0 Å². The second kappa shape index (κ2) is 4.28. The van der Waals surface area contributed by atoms with E-state index in [1.807, 2.05) is 6.92 Å². The molecule has 0 fully saturated rings. The lowest BCUT2D eigenvalue weighted by Gasteiger charge is -2.10. The van der Waals surface area contributed by atoms with Crippen molar-refractivity contribution in [3.05, 3.63) is 28.8 Å². The third-order valence-electron chi connectivity index (χ3n) is 1.96. The molecule has 0 saturated carbocycles. The summed E-state index contributed by atoms with van der Waals surface area (Å²) in [6, 6.07) is 4.75. The first-order chi connectivity index (χ1) is 6.15. The minimum absolute atomic E-state index is 0.0529. The molecule has 0 saturated heterocycles. The van der Waals surface area contributed by atoms with Gasteiger partial charge in [-0.25, -0.2) is 0 Å². The van der Waals surface area contributed by atoms with Crippen molar-refractivity contribution in [3.63, 3.8) is 0 Å². The van der Waals surface area contributed by atoms with Gasteiger partial charge in [-0.15, -0.1) is 0 Å². The van der Waals surface area contributed by atoms with E-state index in [2.05, 4.69) is 0 Å². The SMILES string of the molecule is CC(CC=O)c1cc(O)ccc1Cl. The predicted octanol–water partition coefficient (Wildman–Crippen LogP) is 2.74. The molecule has 0 amide bonds. The first-order valence-electron chi connectivity index (χ1n) is 4.07. The van der Waals surface area contributed by atoms with Gasteiger partial charge in [-0.3, -0.25) is 0 Å². The van der Waals surface area contributed by atoms with Crippen LogP contribution in [-0.4, -0.2) is 11.4 Å². The lowest BCUT2D eigenvalue weighted by Crippen LogP contribution is -1.94. The molecular formula is C10H11ClO2. The zero-order valence-electron chi connectivity index (χ0n) is 7.33. The van der Waals surface area contributed by atoms with Gasteiger partial charge in [0.1, 0.15) is 12.0 Å². The van der Waals surface area contributed by atoms with Crippen LogP contribution in [0, 0.1) is 0 Å². The maximum absolute atomic E-state index is 10.3. The molecule has 0 radical (unpaired) electrons. The maximum atomic E-state index is 10.3. The molecule has 1 rings (SSSR count). The molecule has 2 nitrogen and oxygen atoms in total. The molecule has 3 heteroatoms. The molecule has 0 heterocycles. The Labute approximate surface area is 82.2 Å². The van der Waals surface area contributed by atoms with E-state index in [1.54, 1.807) is 12.1 Å². The van der Waals surface area contributed by atoms with E-state index in [0.717, 1.165) is 11.8 Å². The van der Waals surface area contributed by atoms with Crippen molar-refractivity contribution >= 4 is 17.9 Å². The van der Waals surface area contributed by atoms with E-state index in [9.17, 15) is 9.90 Å². The summed E-state index contributed by atoms with van der Waals surface area (Å²) in [7, 11) is 0. The highest BCUT2D eigenvalue weighted by atomic mass is 35.5. The smallest absolute Gasteiger partial charge is 0.120 e. The minimum Gasteiger partial charge on any atom is -0.508 e. The minimum atomic E-state index is 0.0529. The quantitative estimate of drug-likeness (QED) is 0.759. The molecule has 13 heavy (non-hydrogen) atoms. The van der Waals surface area contributed by atoms with Gasteiger partial charge in [0.05, 0.1) is 0 Å². The Balaban J connectivity index is 2.97. The molecule has 1 aromatic carbocycles. The van der Waals surface area contributed by atoms with Crippen LogP contribution < -0.4 is 0 Å². The lowest BCUT2D eigenvalue weighted by molar-refractivity contribution is -0.108. The number of aldehydes is 1. The number of phenols is 1. The van der Waals surface area contributed by atoms with Gasteiger partial charge in [0.25, 0.3) is 0 Å². The summed E-state index contributed by atoms with van der Waals surface area (Å²) in [5, 5.41) is 9.80. The molecule has 1 atom stereocenters. The fourth-order valence-corrected chi connectivity index (χ4v) is 1.48. The number of halogens is 1. The maximum Gasteiger partial charge on any atom is 0.120 e. The fourth-order valence-electron chi connectivity index (χ4n) is 1.18. The van der Waals surface area contributed by atoms with Gasteiger partial charge in [-0.1, -0.05) is 18.5 Å². The predicted molar refractivity (Wildman–Crippen MR) is 52.2 cm³/mol. The van der Waals surface area contributed by atoms with Crippen LogP contribution in [0.15, 0.2) is 18.2 Å². The van der Waals surface area contributed by atoms with Crippen molar-refractivity contribution in [2.24, 2.45) is 0 Å². The molecule has 0 bridgehead atoms. The van der Waals surface area contributed by atoms with Crippen LogP contribution >= 0.6 is 11.6 Å². The van der Waals surface area contributed by atoms with Crippen molar-refractivity contribution in [3.8, 4) is 5.75 Å². The van der Waals surface area contributed by atoms with Crippen LogP contribution in [-0.2, 0) is 4.79 Å². The Hall–Kier alpha value is -1.02. The number of hydrogen-bond donors (Lipinski definition) is 1. The molecule has 0 aromatic heterocycles. The number of aromatic hydroxyl groups is 1. The molecule has 0 aliphatic heterocycles. The molecule has 0 aliphatic carbocycles. The molecule has 1 unspecified atom stereocenters. The molecule has 1 N–H and O–H groups in total. The number of hydrogen-bond acceptors (Lipinski definition) is 2. The second-order valence-electron chi connectivity index (χ2n) is 3.01. The van der Waals surface area contributed by atoms with Gasteiger partial charge in [0, 0.05) is 11.4 Å². The van der Waals surface area contributed by atoms with Crippen molar-refractivity contribution < 1.29 is 9.90 Å². The summed E-state index contributed by atoms with van der Waals surface area (Å²) >= 11 is 5.90. The lowest BCUT2D eigenvalue weighted by atomic mass is 9.98. The summed E-state index contributed by atoms with van der Waals surface area (Å²) < 4.78 is 0. The van der Waals surface area contributed by atoms with Crippen LogP contribution in [0.4, 0.5) is 0 Å². The van der Waals surface area contributed by atoms with E-state index in [-0.39, 0.29) is 11.7 Å². The van der Waals surface area contributed by atoms with Crippen LogP contribution in [0.1, 0.15) is 24.8 Å². The first kappa shape index (κ1) is 10.1. The van der Waals surface area contributed by atoms with E-state index in [1.165, 1.54) is 6.07 Å². The van der Waals surface area contributed by atoms with E-state index < -0.39 is 0 Å². The van der Waals surface area contributed by atoms with Gasteiger partial charge in [0.2, 0.25) is 0 Å². The number of carbonyl (C=O) groups excluding carboxylic acids is 1. The van der Waals surface area contributed by atoms with Crippen molar-refractivity contribution in [1.29, 1.82) is 0 Å². The van der Waals surface area contributed by atoms with Gasteiger partial charge in [0.15, 0.2) is 0 Å². The highest BCUT2D eigenvalue weighted by Gasteiger charge is 2.09. The van der Waals surface area contributed by atoms with Gasteiger partial charge < -0.3 is 9.90 Å². The zero-order valence-corrected chi connectivity index (χ0v) is 8.08. The monoisotopic (exact) mass is 198 g/mol. The molecular weight excluding hydrogens is 188 g/mol. The summed E-state index contributed by atoms with van der Waals surface area (Å²) in [6.45, 7) is 1.90. The molecule has 70 valence electrons. The van der Waals surface area contributed by atoms with Crippen LogP contribution in [0.3, 0.4) is 0 Å². The van der Waals surface area contributed by atoms with Crippen LogP contribution in [0.2, 0.25) is 5.02 Å². The van der Waals surface area contributed by atoms with Crippen molar-refractivity contribution in [1.82, 2.24) is 0 Å². The second-order valence-corrected chi connectivity index (χ2v) is 3.42. The van der Waals surface area contributed by atoms with E-state index in [4.69, 9.17) is 11.6 Å². The molecule has 0 spiro atoms. The Morgan fingerprint density at radius 1 is 1.62 bits per heavy atom. The Morgan fingerprint density at radius 2 is 2.31 bits per heavy atom. The third-order valence-corrected chi connectivity index (χ3v) is 2.30. The van der Waals surface area contributed by atoms with Crippen LogP contribution in [0.5, 0.6) is 5.75 Å². The van der Waals surface area contributed by atoms with Crippen LogP contribution in [0.25, 0.3) is 0 Å². The summed E-state index contributed by atoms with van der Waals surface area (Å²) in [5.41, 5.74) is 0.814. The summed E-state index contributed by atoms with van der Waals surface area (Å²) in [6.07, 6.45) is 1.27. The van der Waals surface area contributed by atoms with Gasteiger partial charge >= 0.3 is 0 Å². The number of rotatable bonds is 3. The molecule has 0 aliphatic rings. The molecule has 1 aromatic rings. The normalized spacial score (nSPS) is 12.5. The Morgan fingerprint density at radius 3 is 2.92 bits per heavy atom. The summed E-state index contributed by atoms with van der Waals surface area (Å²) in [4.78, 5) is 10.3. The number of benzene rings is 1. The average Bonchev–Trinajstić information content (AvgIpc) is 2.09. The fraction of sp³-hybridized carbons (Fsp3) is 0.300. The third kappa shape index (κ3) is 2.46. The zero-order chi connectivity index (χ0) is 9.84. The highest BCUT2D eigenvalue weighted by Crippen LogP contribution is 2.29. The summed E-state index contributed by atoms with van der Waals surface area (Å²) in [5.74, 6) is 0.231. The highest BCUT2D eigenvalue weighted by molar-refractivity contribution is 6.31. The number of phenolic OH excluding ortho intramolecular Hbond substituents is 1. The Bertz CT molecular complexity index is 310.